The predicted molar refractivity (Wildman–Crippen MR) is 109 cm³/mol. The Balaban J connectivity index is 1.68. The Morgan fingerprint density at radius 2 is 1.76 bits per heavy atom. The maximum Gasteiger partial charge on any atom is 0.257 e. The van der Waals surface area contributed by atoms with Crippen molar-refractivity contribution in [1.29, 1.82) is 0 Å². The lowest BCUT2D eigenvalue weighted by atomic mass is 10.1. The van der Waals surface area contributed by atoms with E-state index in [1.54, 1.807) is 11.8 Å². The number of amides is 1. The van der Waals surface area contributed by atoms with E-state index >= 15 is 0 Å². The first-order valence-electron chi connectivity index (χ1n) is 8.13. The molecule has 128 valence electrons. The van der Waals surface area contributed by atoms with E-state index < -0.39 is 0 Å². The SMILES string of the molecule is CCc1ccc(-c2csc(NC(=O)c3ccc(CSC)cc3)n2)cc1. The molecule has 1 heterocycles. The fraction of sp³-hybridized carbons (Fsp3) is 0.200. The van der Waals surface area contributed by atoms with Crippen LogP contribution in [0.2, 0.25) is 0 Å². The molecular weight excluding hydrogens is 348 g/mol. The zero-order valence-corrected chi connectivity index (χ0v) is 15.9. The number of nitrogens with zero attached hydrogens (tertiary/aromatic N) is 1. The lowest BCUT2D eigenvalue weighted by Crippen LogP contribution is -2.11. The minimum Gasteiger partial charge on any atom is -0.298 e. The normalized spacial score (nSPS) is 10.6. The van der Waals surface area contributed by atoms with Crippen LogP contribution in [-0.2, 0) is 12.2 Å². The third-order valence-corrected chi connectivity index (χ3v) is 5.29. The van der Waals surface area contributed by atoms with Crippen LogP contribution in [-0.4, -0.2) is 17.1 Å². The third-order valence-electron chi connectivity index (χ3n) is 3.91. The summed E-state index contributed by atoms with van der Waals surface area (Å²) in [5.41, 5.74) is 5.12. The second kappa shape index (κ2) is 8.32. The van der Waals surface area contributed by atoms with Gasteiger partial charge < -0.3 is 0 Å². The van der Waals surface area contributed by atoms with E-state index in [0.717, 1.165) is 23.4 Å². The van der Waals surface area contributed by atoms with Crippen molar-refractivity contribution in [3.8, 4) is 11.3 Å². The standard InChI is InChI=1S/C20H20N2OS2/c1-3-14-4-8-16(9-5-14)18-13-25-20(21-18)22-19(23)17-10-6-15(7-11-17)12-24-2/h4-11,13H,3,12H2,1-2H3,(H,21,22,23). The Hall–Kier alpha value is -2.11. The Bertz CT molecular complexity index is 839. The molecule has 0 spiro atoms. The molecule has 0 radical (unpaired) electrons. The van der Waals surface area contributed by atoms with Crippen LogP contribution in [0, 0.1) is 0 Å². The average Bonchev–Trinajstić information content (AvgIpc) is 3.11. The van der Waals surface area contributed by atoms with E-state index in [-0.39, 0.29) is 5.91 Å². The first-order valence-corrected chi connectivity index (χ1v) is 10.4. The highest BCUT2D eigenvalue weighted by Gasteiger charge is 2.10. The van der Waals surface area contributed by atoms with E-state index in [4.69, 9.17) is 0 Å². The Morgan fingerprint density at radius 3 is 2.40 bits per heavy atom. The third kappa shape index (κ3) is 4.50. The number of thiazole rings is 1. The van der Waals surface area contributed by atoms with E-state index in [0.29, 0.717) is 10.7 Å². The maximum absolute atomic E-state index is 12.4. The van der Waals surface area contributed by atoms with Crippen molar-refractivity contribution in [2.45, 2.75) is 19.1 Å². The zero-order valence-electron chi connectivity index (χ0n) is 14.3. The molecule has 0 aliphatic rings. The van der Waals surface area contributed by atoms with Gasteiger partial charge in [-0.15, -0.1) is 11.3 Å². The highest BCUT2D eigenvalue weighted by atomic mass is 32.2. The van der Waals surface area contributed by atoms with Gasteiger partial charge in [-0.3, -0.25) is 10.1 Å². The van der Waals surface area contributed by atoms with Gasteiger partial charge in [-0.25, -0.2) is 4.98 Å². The van der Waals surface area contributed by atoms with Crippen LogP contribution in [0.15, 0.2) is 53.9 Å². The molecule has 3 aromatic rings. The van der Waals surface area contributed by atoms with Crippen LogP contribution in [0.1, 0.15) is 28.4 Å². The molecule has 0 atom stereocenters. The number of thioether (sulfide) groups is 1. The topological polar surface area (TPSA) is 42.0 Å². The van der Waals surface area contributed by atoms with Crippen molar-refractivity contribution < 1.29 is 4.79 Å². The maximum atomic E-state index is 12.4. The van der Waals surface area contributed by atoms with Crippen molar-refractivity contribution in [1.82, 2.24) is 4.98 Å². The van der Waals surface area contributed by atoms with Gasteiger partial charge >= 0.3 is 0 Å². The van der Waals surface area contributed by atoms with Gasteiger partial charge in [0.15, 0.2) is 5.13 Å². The number of hydrogen-bond donors (Lipinski definition) is 1. The summed E-state index contributed by atoms with van der Waals surface area (Å²) in [7, 11) is 0. The molecule has 2 aromatic carbocycles. The van der Waals surface area contributed by atoms with Gasteiger partial charge in [-0.2, -0.15) is 11.8 Å². The number of aromatic nitrogens is 1. The van der Waals surface area contributed by atoms with Crippen LogP contribution < -0.4 is 5.32 Å². The van der Waals surface area contributed by atoms with Crippen molar-refractivity contribution >= 4 is 34.1 Å². The van der Waals surface area contributed by atoms with Crippen LogP contribution in [0.25, 0.3) is 11.3 Å². The van der Waals surface area contributed by atoms with Gasteiger partial charge in [-0.1, -0.05) is 43.3 Å². The van der Waals surface area contributed by atoms with Crippen molar-refractivity contribution in [3.63, 3.8) is 0 Å². The highest BCUT2D eigenvalue weighted by molar-refractivity contribution is 7.97. The molecule has 0 unspecified atom stereocenters. The van der Waals surface area contributed by atoms with Crippen LogP contribution >= 0.6 is 23.1 Å². The summed E-state index contributed by atoms with van der Waals surface area (Å²) in [6.45, 7) is 2.14. The van der Waals surface area contributed by atoms with Gasteiger partial charge in [0.25, 0.3) is 5.91 Å². The van der Waals surface area contributed by atoms with E-state index in [1.807, 2.05) is 29.6 Å². The first kappa shape index (κ1) is 17.7. The number of carbonyl (C=O) groups is 1. The molecule has 1 aromatic heterocycles. The Kier molecular flexibility index (Phi) is 5.89. The summed E-state index contributed by atoms with van der Waals surface area (Å²) < 4.78 is 0. The molecule has 0 saturated heterocycles. The molecular formula is C20H20N2OS2. The molecule has 3 nitrogen and oxygen atoms in total. The quantitative estimate of drug-likeness (QED) is 0.626. The molecule has 0 bridgehead atoms. The number of benzene rings is 2. The zero-order chi connectivity index (χ0) is 17.6. The highest BCUT2D eigenvalue weighted by Crippen LogP contribution is 2.25. The summed E-state index contributed by atoms with van der Waals surface area (Å²) in [5, 5.41) is 5.47. The van der Waals surface area contributed by atoms with Crippen molar-refractivity contribution in [2.24, 2.45) is 0 Å². The minimum absolute atomic E-state index is 0.127. The van der Waals surface area contributed by atoms with Gasteiger partial charge in [0.1, 0.15) is 0 Å². The number of carbonyl (C=O) groups excluding carboxylic acids is 1. The fourth-order valence-corrected chi connectivity index (χ4v) is 3.70. The summed E-state index contributed by atoms with van der Waals surface area (Å²) in [6.07, 6.45) is 3.09. The minimum atomic E-state index is -0.127. The molecule has 1 N–H and O–H groups in total. The molecule has 0 saturated carbocycles. The van der Waals surface area contributed by atoms with E-state index in [9.17, 15) is 4.79 Å². The molecule has 0 aliphatic heterocycles. The Labute approximate surface area is 156 Å². The van der Waals surface area contributed by atoms with Gasteiger partial charge in [0, 0.05) is 22.3 Å². The fourth-order valence-electron chi connectivity index (χ4n) is 2.46. The summed E-state index contributed by atoms with van der Waals surface area (Å²) in [5.74, 6) is 0.826. The molecule has 0 fully saturated rings. The molecule has 3 rings (SSSR count). The molecule has 0 aliphatic carbocycles. The number of rotatable bonds is 6. The van der Waals surface area contributed by atoms with Gasteiger partial charge in [0.2, 0.25) is 0 Å². The predicted octanol–water partition coefficient (Wildman–Crippen LogP) is 5.49. The summed E-state index contributed by atoms with van der Waals surface area (Å²) in [4.78, 5) is 16.9. The largest absolute Gasteiger partial charge is 0.298 e. The molecule has 1 amide bonds. The lowest BCUT2D eigenvalue weighted by Gasteiger charge is -2.03. The molecule has 5 heteroatoms. The van der Waals surface area contributed by atoms with E-state index in [1.165, 1.54) is 22.5 Å². The second-order valence-electron chi connectivity index (χ2n) is 5.67. The van der Waals surface area contributed by atoms with Gasteiger partial charge in [-0.05, 0) is 35.9 Å². The van der Waals surface area contributed by atoms with Gasteiger partial charge in [0.05, 0.1) is 5.69 Å². The monoisotopic (exact) mass is 368 g/mol. The lowest BCUT2D eigenvalue weighted by molar-refractivity contribution is 0.102. The summed E-state index contributed by atoms with van der Waals surface area (Å²) in [6, 6.07) is 16.1. The molecule has 25 heavy (non-hydrogen) atoms. The number of aryl methyl sites for hydroxylation is 1. The van der Waals surface area contributed by atoms with Crippen molar-refractivity contribution in [2.75, 3.05) is 11.6 Å². The number of nitrogens with one attached hydrogen (secondary N) is 1. The van der Waals surface area contributed by atoms with Crippen LogP contribution in [0.3, 0.4) is 0 Å². The number of anilines is 1. The van der Waals surface area contributed by atoms with E-state index in [2.05, 4.69) is 47.7 Å². The number of hydrogen-bond acceptors (Lipinski definition) is 4. The Morgan fingerprint density at radius 1 is 1.08 bits per heavy atom. The average molecular weight is 369 g/mol. The summed E-state index contributed by atoms with van der Waals surface area (Å²) >= 11 is 3.21. The second-order valence-corrected chi connectivity index (χ2v) is 7.40. The van der Waals surface area contributed by atoms with Crippen LogP contribution in [0.5, 0.6) is 0 Å². The smallest absolute Gasteiger partial charge is 0.257 e. The van der Waals surface area contributed by atoms with Crippen LogP contribution in [0.4, 0.5) is 5.13 Å². The van der Waals surface area contributed by atoms with Crippen molar-refractivity contribution in [3.05, 3.63) is 70.6 Å². The first-order chi connectivity index (χ1) is 12.2.